The van der Waals surface area contributed by atoms with Gasteiger partial charge in [-0.3, -0.25) is 14.8 Å². The van der Waals surface area contributed by atoms with Crippen LogP contribution in [0.2, 0.25) is 0 Å². The van der Waals surface area contributed by atoms with Gasteiger partial charge in [0.05, 0.1) is 16.2 Å². The number of aromatic nitrogens is 2. The quantitative estimate of drug-likeness (QED) is 0.609. The van der Waals surface area contributed by atoms with Crippen LogP contribution in [0, 0.1) is 15.9 Å². The zero-order chi connectivity index (χ0) is 15.1. The van der Waals surface area contributed by atoms with Gasteiger partial charge in [-0.1, -0.05) is 0 Å². The highest BCUT2D eigenvalue weighted by Gasteiger charge is 2.21. The summed E-state index contributed by atoms with van der Waals surface area (Å²) >= 11 is 3.40. The Morgan fingerprint density at radius 2 is 2.00 bits per heavy atom. The molecule has 1 aromatic carbocycles. The van der Waals surface area contributed by atoms with Crippen LogP contribution in [0.3, 0.4) is 0 Å². The number of rotatable bonds is 2. The molecule has 0 saturated heterocycles. The lowest BCUT2D eigenvalue weighted by Gasteiger charge is -2.20. The van der Waals surface area contributed by atoms with E-state index in [1.807, 2.05) is 20.8 Å². The summed E-state index contributed by atoms with van der Waals surface area (Å²) in [7, 11) is 0. The summed E-state index contributed by atoms with van der Waals surface area (Å²) < 4.78 is 15.9. The lowest BCUT2D eigenvalue weighted by atomic mass is 10.1. The van der Waals surface area contributed by atoms with E-state index in [9.17, 15) is 14.5 Å². The van der Waals surface area contributed by atoms with Crippen molar-refractivity contribution in [2.24, 2.45) is 0 Å². The average molecular weight is 342 g/mol. The standard InChI is InChI=1S/C13H13BrFN3O2/c1-13(2,3)17-12(14)7-10(16-17)8-4-5-9(15)11(6-8)18(19)20/h4-7H,1-3H3. The molecular weight excluding hydrogens is 329 g/mol. The summed E-state index contributed by atoms with van der Waals surface area (Å²) in [4.78, 5) is 10.0. The van der Waals surface area contributed by atoms with Gasteiger partial charge >= 0.3 is 5.69 Å². The van der Waals surface area contributed by atoms with E-state index < -0.39 is 16.4 Å². The van der Waals surface area contributed by atoms with Gasteiger partial charge < -0.3 is 0 Å². The molecule has 5 nitrogen and oxygen atoms in total. The fraction of sp³-hybridized carbons (Fsp3) is 0.308. The van der Waals surface area contributed by atoms with E-state index in [0.717, 1.165) is 10.7 Å². The predicted octanol–water partition coefficient (Wildman–Crippen LogP) is 4.11. The molecule has 0 saturated carbocycles. The Hall–Kier alpha value is -1.76. The van der Waals surface area contributed by atoms with Crippen molar-refractivity contribution < 1.29 is 9.31 Å². The second kappa shape index (κ2) is 4.97. The molecule has 0 spiro atoms. The van der Waals surface area contributed by atoms with Crippen molar-refractivity contribution in [3.05, 3.63) is 44.8 Å². The number of hydrogen-bond donors (Lipinski definition) is 0. The number of halogens is 2. The molecule has 2 rings (SSSR count). The molecule has 0 bridgehead atoms. The molecule has 2 aromatic rings. The van der Waals surface area contributed by atoms with E-state index in [1.54, 1.807) is 10.7 Å². The van der Waals surface area contributed by atoms with Gasteiger partial charge in [0.1, 0.15) is 4.60 Å². The Bertz CT molecular complexity index is 677. The van der Waals surface area contributed by atoms with Gasteiger partial charge in [-0.25, -0.2) is 0 Å². The molecule has 0 aliphatic heterocycles. The normalized spacial score (nSPS) is 11.7. The molecule has 7 heteroatoms. The van der Waals surface area contributed by atoms with E-state index in [4.69, 9.17) is 0 Å². The van der Waals surface area contributed by atoms with Crippen LogP contribution in [-0.4, -0.2) is 14.7 Å². The maximum absolute atomic E-state index is 13.3. The van der Waals surface area contributed by atoms with Crippen LogP contribution in [0.25, 0.3) is 11.3 Å². The molecular formula is C13H13BrFN3O2. The summed E-state index contributed by atoms with van der Waals surface area (Å²) in [6, 6.07) is 5.50. The Morgan fingerprint density at radius 3 is 2.50 bits per heavy atom. The molecule has 0 aliphatic carbocycles. The molecule has 1 aromatic heterocycles. The molecule has 0 amide bonds. The van der Waals surface area contributed by atoms with Crippen LogP contribution in [0.15, 0.2) is 28.9 Å². The molecule has 1 heterocycles. The van der Waals surface area contributed by atoms with Crippen molar-refractivity contribution in [3.8, 4) is 11.3 Å². The summed E-state index contributed by atoms with van der Waals surface area (Å²) in [5.74, 6) is -0.854. The highest BCUT2D eigenvalue weighted by atomic mass is 79.9. The van der Waals surface area contributed by atoms with Crippen LogP contribution in [0.5, 0.6) is 0 Å². The van der Waals surface area contributed by atoms with Crippen molar-refractivity contribution >= 4 is 21.6 Å². The Balaban J connectivity index is 2.53. The number of hydrogen-bond acceptors (Lipinski definition) is 3. The second-order valence-corrected chi connectivity index (χ2v) is 6.17. The smallest absolute Gasteiger partial charge is 0.258 e. The summed E-state index contributed by atoms with van der Waals surface area (Å²) in [6.07, 6.45) is 0. The Kier molecular flexibility index (Phi) is 3.64. The Labute approximate surface area is 123 Å². The zero-order valence-electron chi connectivity index (χ0n) is 11.2. The zero-order valence-corrected chi connectivity index (χ0v) is 12.8. The van der Waals surface area contributed by atoms with Crippen LogP contribution >= 0.6 is 15.9 Å². The maximum Gasteiger partial charge on any atom is 0.305 e. The fourth-order valence-electron chi connectivity index (χ4n) is 1.78. The minimum Gasteiger partial charge on any atom is -0.258 e. The number of benzene rings is 1. The number of nitro groups is 1. The van der Waals surface area contributed by atoms with E-state index >= 15 is 0 Å². The van der Waals surface area contributed by atoms with E-state index in [1.165, 1.54) is 12.1 Å². The SMILES string of the molecule is CC(C)(C)n1nc(-c2ccc(F)c([N+](=O)[O-])c2)cc1Br. The van der Waals surface area contributed by atoms with Gasteiger partial charge in [0, 0.05) is 11.6 Å². The van der Waals surface area contributed by atoms with E-state index in [0.29, 0.717) is 11.3 Å². The molecule has 20 heavy (non-hydrogen) atoms. The van der Waals surface area contributed by atoms with Crippen molar-refractivity contribution in [1.82, 2.24) is 9.78 Å². The van der Waals surface area contributed by atoms with Gasteiger partial charge in [0.2, 0.25) is 5.82 Å². The molecule has 0 N–H and O–H groups in total. The minimum atomic E-state index is -0.854. The average Bonchev–Trinajstić information content (AvgIpc) is 2.71. The first-order valence-corrected chi connectivity index (χ1v) is 6.70. The monoisotopic (exact) mass is 341 g/mol. The second-order valence-electron chi connectivity index (χ2n) is 5.36. The lowest BCUT2D eigenvalue weighted by molar-refractivity contribution is -0.387. The van der Waals surface area contributed by atoms with E-state index in [-0.39, 0.29) is 5.54 Å². The van der Waals surface area contributed by atoms with Crippen LogP contribution in [0.4, 0.5) is 10.1 Å². The molecule has 0 radical (unpaired) electrons. The van der Waals surface area contributed by atoms with Crippen LogP contribution < -0.4 is 0 Å². The van der Waals surface area contributed by atoms with E-state index in [2.05, 4.69) is 21.0 Å². The topological polar surface area (TPSA) is 61.0 Å². The van der Waals surface area contributed by atoms with Gasteiger partial charge in [-0.15, -0.1) is 0 Å². The van der Waals surface area contributed by atoms with Crippen molar-refractivity contribution in [2.45, 2.75) is 26.3 Å². The third-order valence-corrected chi connectivity index (χ3v) is 3.30. The van der Waals surface area contributed by atoms with Gasteiger partial charge in [-0.2, -0.15) is 9.49 Å². The fourth-order valence-corrected chi connectivity index (χ4v) is 2.61. The van der Waals surface area contributed by atoms with Crippen molar-refractivity contribution in [1.29, 1.82) is 0 Å². The highest BCUT2D eigenvalue weighted by molar-refractivity contribution is 9.10. The maximum atomic E-state index is 13.3. The number of nitrogens with zero attached hydrogens (tertiary/aromatic N) is 3. The molecule has 0 aliphatic rings. The minimum absolute atomic E-state index is 0.233. The van der Waals surface area contributed by atoms with Crippen molar-refractivity contribution in [2.75, 3.05) is 0 Å². The molecule has 0 fully saturated rings. The largest absolute Gasteiger partial charge is 0.305 e. The first-order chi connectivity index (χ1) is 9.20. The predicted molar refractivity (Wildman–Crippen MR) is 77.0 cm³/mol. The highest BCUT2D eigenvalue weighted by Crippen LogP contribution is 2.29. The first kappa shape index (κ1) is 14.6. The lowest BCUT2D eigenvalue weighted by Crippen LogP contribution is -2.23. The molecule has 106 valence electrons. The van der Waals surface area contributed by atoms with Crippen molar-refractivity contribution in [3.63, 3.8) is 0 Å². The third-order valence-electron chi connectivity index (χ3n) is 2.74. The van der Waals surface area contributed by atoms with Crippen LogP contribution in [0.1, 0.15) is 20.8 Å². The van der Waals surface area contributed by atoms with Gasteiger partial charge in [-0.05, 0) is 54.9 Å². The van der Waals surface area contributed by atoms with Gasteiger partial charge in [0.25, 0.3) is 0 Å². The third kappa shape index (κ3) is 2.72. The summed E-state index contributed by atoms with van der Waals surface area (Å²) in [5, 5.41) is 15.2. The van der Waals surface area contributed by atoms with Crippen LogP contribution in [-0.2, 0) is 5.54 Å². The molecule has 0 atom stereocenters. The summed E-state index contributed by atoms with van der Waals surface area (Å²) in [5.41, 5.74) is 0.267. The van der Waals surface area contributed by atoms with Gasteiger partial charge in [0.15, 0.2) is 0 Å². The Morgan fingerprint density at radius 1 is 1.35 bits per heavy atom. The molecule has 0 unspecified atom stereocenters. The number of nitro benzene ring substituents is 1. The summed E-state index contributed by atoms with van der Waals surface area (Å²) in [6.45, 7) is 5.96. The first-order valence-electron chi connectivity index (χ1n) is 5.90.